The minimum Gasteiger partial charge on any atom is -0.480 e. The molecule has 1 N–H and O–H groups in total. The Hall–Kier alpha value is -1.27. The third kappa shape index (κ3) is 4.50. The molecule has 7 heteroatoms. The van der Waals surface area contributed by atoms with Crippen LogP contribution in [-0.4, -0.2) is 40.6 Å². The largest absolute Gasteiger partial charge is 0.480 e. The van der Waals surface area contributed by atoms with Gasteiger partial charge >= 0.3 is 12.1 Å². The highest BCUT2D eigenvalue weighted by molar-refractivity contribution is 5.82. The summed E-state index contributed by atoms with van der Waals surface area (Å²) in [6.07, 6.45) is -4.60. The minimum atomic E-state index is -4.60. The van der Waals surface area contributed by atoms with E-state index in [-0.39, 0.29) is 0 Å². The zero-order valence-corrected chi connectivity index (χ0v) is 9.21. The summed E-state index contributed by atoms with van der Waals surface area (Å²) in [5.74, 6) is -2.93. The molecule has 0 saturated heterocycles. The fourth-order valence-corrected chi connectivity index (χ4v) is 1.38. The number of rotatable bonds is 4. The maximum absolute atomic E-state index is 12.2. The third-order valence-corrected chi connectivity index (χ3v) is 1.97. The van der Waals surface area contributed by atoms with E-state index >= 15 is 0 Å². The zero-order valence-electron chi connectivity index (χ0n) is 9.21. The number of halogens is 3. The predicted octanol–water partition coefficient (Wildman–Crippen LogP) is 1.51. The van der Waals surface area contributed by atoms with Crippen molar-refractivity contribution < 1.29 is 27.9 Å². The van der Waals surface area contributed by atoms with E-state index in [0.717, 1.165) is 6.92 Å². The Morgan fingerprint density at radius 1 is 1.31 bits per heavy atom. The molecule has 0 bridgehead atoms. The second-order valence-corrected chi connectivity index (χ2v) is 3.79. The maximum Gasteiger partial charge on any atom is 0.406 e. The Balaban J connectivity index is 5.01. The Labute approximate surface area is 91.0 Å². The molecule has 4 nitrogen and oxygen atoms in total. The lowest BCUT2D eigenvalue weighted by Gasteiger charge is -2.31. The molecular formula is C9H14F3NO3. The van der Waals surface area contributed by atoms with Gasteiger partial charge in [0, 0.05) is 6.92 Å². The van der Waals surface area contributed by atoms with Crippen LogP contribution in [0.5, 0.6) is 0 Å². The van der Waals surface area contributed by atoms with Gasteiger partial charge in [0.05, 0.1) is 0 Å². The average Bonchev–Trinajstić information content (AvgIpc) is 1.98. The van der Waals surface area contributed by atoms with Gasteiger partial charge in [0.15, 0.2) is 0 Å². The van der Waals surface area contributed by atoms with Gasteiger partial charge in [0.1, 0.15) is 12.6 Å². The number of carboxylic acids is 1. The third-order valence-electron chi connectivity index (χ3n) is 1.97. The second kappa shape index (κ2) is 5.18. The van der Waals surface area contributed by atoms with Crippen molar-refractivity contribution in [3.05, 3.63) is 0 Å². The first-order chi connectivity index (χ1) is 7.06. The molecule has 0 rings (SSSR count). The normalized spacial score (nSPS) is 13.7. The van der Waals surface area contributed by atoms with E-state index in [2.05, 4.69) is 0 Å². The van der Waals surface area contributed by atoms with Crippen LogP contribution in [0, 0.1) is 5.92 Å². The SMILES string of the molecule is CC(=O)N(CC(F)(F)F)[C@H](C(=O)O)C(C)C. The maximum atomic E-state index is 12.2. The van der Waals surface area contributed by atoms with Gasteiger partial charge in [-0.15, -0.1) is 0 Å². The molecule has 16 heavy (non-hydrogen) atoms. The highest BCUT2D eigenvalue weighted by Gasteiger charge is 2.39. The van der Waals surface area contributed by atoms with Crippen molar-refractivity contribution in [1.82, 2.24) is 4.90 Å². The zero-order chi connectivity index (χ0) is 13.1. The van der Waals surface area contributed by atoms with Gasteiger partial charge in [-0.2, -0.15) is 13.2 Å². The second-order valence-electron chi connectivity index (χ2n) is 3.79. The number of alkyl halides is 3. The summed E-state index contributed by atoms with van der Waals surface area (Å²) < 4.78 is 36.5. The van der Waals surface area contributed by atoms with E-state index in [0.29, 0.717) is 4.90 Å². The summed E-state index contributed by atoms with van der Waals surface area (Å²) in [6, 6.07) is -1.46. The number of carbonyl (C=O) groups excluding carboxylic acids is 1. The van der Waals surface area contributed by atoms with Crippen molar-refractivity contribution in [1.29, 1.82) is 0 Å². The highest BCUT2D eigenvalue weighted by atomic mass is 19.4. The lowest BCUT2D eigenvalue weighted by Crippen LogP contribution is -2.50. The van der Waals surface area contributed by atoms with E-state index in [1.807, 2.05) is 0 Å². The van der Waals surface area contributed by atoms with Crippen molar-refractivity contribution in [3.63, 3.8) is 0 Å². The van der Waals surface area contributed by atoms with E-state index < -0.39 is 36.6 Å². The van der Waals surface area contributed by atoms with Crippen molar-refractivity contribution in [2.75, 3.05) is 6.54 Å². The summed E-state index contributed by atoms with van der Waals surface area (Å²) in [5, 5.41) is 8.80. The number of aliphatic carboxylic acids is 1. The Kier molecular flexibility index (Phi) is 4.77. The molecule has 0 spiro atoms. The van der Waals surface area contributed by atoms with Gasteiger partial charge in [0.25, 0.3) is 0 Å². The number of hydrogen-bond donors (Lipinski definition) is 1. The summed E-state index contributed by atoms with van der Waals surface area (Å²) in [4.78, 5) is 22.2. The minimum absolute atomic E-state index is 0.326. The van der Waals surface area contributed by atoms with Gasteiger partial charge in [-0.3, -0.25) is 4.79 Å². The molecule has 0 aliphatic rings. The number of carbonyl (C=O) groups is 2. The standard InChI is InChI=1S/C9H14F3NO3/c1-5(2)7(8(15)16)13(6(3)14)4-9(10,11)12/h5,7H,4H2,1-3H3,(H,15,16)/t7-/m0/s1. The van der Waals surface area contributed by atoms with Crippen molar-refractivity contribution in [3.8, 4) is 0 Å². The van der Waals surface area contributed by atoms with Crippen molar-refractivity contribution in [2.24, 2.45) is 5.92 Å². The molecular weight excluding hydrogens is 227 g/mol. The number of nitrogens with zero attached hydrogens (tertiary/aromatic N) is 1. The summed E-state index contributed by atoms with van der Waals surface area (Å²) in [7, 11) is 0. The van der Waals surface area contributed by atoms with E-state index in [9.17, 15) is 22.8 Å². The lowest BCUT2D eigenvalue weighted by molar-refractivity contribution is -0.173. The molecule has 0 radical (unpaired) electrons. The molecule has 0 aromatic carbocycles. The van der Waals surface area contributed by atoms with Crippen LogP contribution in [0.15, 0.2) is 0 Å². The summed E-state index contributed by atoms with van der Waals surface area (Å²) in [6.45, 7) is 2.28. The van der Waals surface area contributed by atoms with Crippen LogP contribution in [0.4, 0.5) is 13.2 Å². The molecule has 1 atom stereocenters. The number of hydrogen-bond acceptors (Lipinski definition) is 2. The van der Waals surface area contributed by atoms with Crippen LogP contribution in [-0.2, 0) is 9.59 Å². The fourth-order valence-electron chi connectivity index (χ4n) is 1.38. The van der Waals surface area contributed by atoms with E-state index in [1.165, 1.54) is 13.8 Å². The highest BCUT2D eigenvalue weighted by Crippen LogP contribution is 2.21. The van der Waals surface area contributed by atoms with Crippen LogP contribution < -0.4 is 0 Å². The van der Waals surface area contributed by atoms with Crippen molar-refractivity contribution >= 4 is 11.9 Å². The molecule has 0 unspecified atom stereocenters. The monoisotopic (exact) mass is 241 g/mol. The fraction of sp³-hybridized carbons (Fsp3) is 0.778. The van der Waals surface area contributed by atoms with Crippen LogP contribution in [0.1, 0.15) is 20.8 Å². The van der Waals surface area contributed by atoms with Gasteiger partial charge < -0.3 is 10.0 Å². The topological polar surface area (TPSA) is 57.6 Å². The first-order valence-electron chi connectivity index (χ1n) is 4.63. The average molecular weight is 241 g/mol. The van der Waals surface area contributed by atoms with Crippen molar-refractivity contribution in [2.45, 2.75) is 33.0 Å². The Morgan fingerprint density at radius 3 is 1.94 bits per heavy atom. The lowest BCUT2D eigenvalue weighted by atomic mass is 10.0. The van der Waals surface area contributed by atoms with Crippen LogP contribution in [0.25, 0.3) is 0 Å². The summed E-state index contributed by atoms with van der Waals surface area (Å²) >= 11 is 0. The van der Waals surface area contributed by atoms with E-state index in [1.54, 1.807) is 0 Å². The number of amides is 1. The van der Waals surface area contributed by atoms with Gasteiger partial charge in [-0.1, -0.05) is 13.8 Å². The first-order valence-corrected chi connectivity index (χ1v) is 4.63. The first kappa shape index (κ1) is 14.7. The molecule has 0 aliphatic heterocycles. The smallest absolute Gasteiger partial charge is 0.406 e. The molecule has 1 amide bonds. The molecule has 0 aromatic rings. The Bertz CT molecular complexity index is 276. The number of carboxylic acid groups (broad SMARTS) is 1. The quantitative estimate of drug-likeness (QED) is 0.811. The molecule has 0 aromatic heterocycles. The molecule has 0 heterocycles. The predicted molar refractivity (Wildman–Crippen MR) is 49.7 cm³/mol. The van der Waals surface area contributed by atoms with Crippen LogP contribution in [0.2, 0.25) is 0 Å². The molecule has 0 aliphatic carbocycles. The summed E-state index contributed by atoms with van der Waals surface area (Å²) in [5.41, 5.74) is 0. The molecule has 0 saturated carbocycles. The van der Waals surface area contributed by atoms with Gasteiger partial charge in [-0.05, 0) is 5.92 Å². The Morgan fingerprint density at radius 2 is 1.75 bits per heavy atom. The van der Waals surface area contributed by atoms with Crippen LogP contribution in [0.3, 0.4) is 0 Å². The van der Waals surface area contributed by atoms with E-state index in [4.69, 9.17) is 5.11 Å². The molecule has 0 fully saturated rings. The molecule has 94 valence electrons. The van der Waals surface area contributed by atoms with Gasteiger partial charge in [0.2, 0.25) is 5.91 Å². The van der Waals surface area contributed by atoms with Crippen LogP contribution >= 0.6 is 0 Å². The van der Waals surface area contributed by atoms with Gasteiger partial charge in [-0.25, -0.2) is 4.79 Å².